The summed E-state index contributed by atoms with van der Waals surface area (Å²) in [6.07, 6.45) is 11.7. The van der Waals surface area contributed by atoms with E-state index in [1.807, 2.05) is 0 Å². The van der Waals surface area contributed by atoms with Gasteiger partial charge in [-0.1, -0.05) is 38.5 Å². The van der Waals surface area contributed by atoms with E-state index in [0.29, 0.717) is 0 Å². The van der Waals surface area contributed by atoms with Crippen LogP contribution < -0.4 is 0 Å². The zero-order valence-corrected chi connectivity index (χ0v) is 7.59. The third kappa shape index (κ3) is 3.68. The molecule has 68 valence electrons. The lowest BCUT2D eigenvalue weighted by atomic mass is 10.1. The van der Waals surface area contributed by atoms with Crippen LogP contribution in [-0.2, 0) is 4.79 Å². The van der Waals surface area contributed by atoms with Crippen molar-refractivity contribution in [1.29, 1.82) is 0 Å². The first kappa shape index (κ1) is 9.47. The van der Waals surface area contributed by atoms with Crippen LogP contribution >= 0.6 is 0 Å². The summed E-state index contributed by atoms with van der Waals surface area (Å²) in [4.78, 5) is 13.9. The van der Waals surface area contributed by atoms with Crippen LogP contribution in [-0.4, -0.2) is 12.1 Å². The van der Waals surface area contributed by atoms with Gasteiger partial charge in [0.05, 0.1) is 6.04 Å². The lowest BCUT2D eigenvalue weighted by molar-refractivity contribution is 0.518. The van der Waals surface area contributed by atoms with Crippen molar-refractivity contribution >= 4 is 6.08 Å². The fourth-order valence-corrected chi connectivity index (χ4v) is 1.82. The highest BCUT2D eigenvalue weighted by atomic mass is 16.1. The smallest absolute Gasteiger partial charge is 0.211 e. The summed E-state index contributed by atoms with van der Waals surface area (Å²) in [6, 6.07) is 0.278. The second-order valence-corrected chi connectivity index (χ2v) is 3.57. The molecule has 1 aliphatic carbocycles. The largest absolute Gasteiger partial charge is 0.235 e. The Morgan fingerprint density at radius 2 is 1.42 bits per heavy atom. The van der Waals surface area contributed by atoms with Gasteiger partial charge in [-0.05, 0) is 12.8 Å². The van der Waals surface area contributed by atoms with E-state index in [1.54, 1.807) is 6.08 Å². The molecule has 0 aromatic heterocycles. The Balaban J connectivity index is 2.33. The van der Waals surface area contributed by atoms with E-state index >= 15 is 0 Å². The summed E-state index contributed by atoms with van der Waals surface area (Å²) < 4.78 is 0. The summed E-state index contributed by atoms with van der Waals surface area (Å²) in [5.41, 5.74) is 0. The monoisotopic (exact) mass is 167 g/mol. The summed E-state index contributed by atoms with van der Waals surface area (Å²) in [5.74, 6) is 0. The Morgan fingerprint density at radius 1 is 0.917 bits per heavy atom. The standard InChI is InChI=1S/C10H17NO/c12-9-11-10-7-5-3-1-2-4-6-8-10/h10H,1-8H2. The average molecular weight is 167 g/mol. The van der Waals surface area contributed by atoms with Crippen molar-refractivity contribution in [1.82, 2.24) is 0 Å². The molecule has 0 saturated heterocycles. The van der Waals surface area contributed by atoms with Crippen molar-refractivity contribution in [2.45, 2.75) is 57.4 Å². The van der Waals surface area contributed by atoms with Crippen molar-refractivity contribution < 1.29 is 4.79 Å². The molecule has 0 aliphatic heterocycles. The highest BCUT2D eigenvalue weighted by Gasteiger charge is 2.08. The molecule has 1 rings (SSSR count). The zero-order chi connectivity index (χ0) is 8.65. The molecule has 0 radical (unpaired) electrons. The van der Waals surface area contributed by atoms with E-state index in [-0.39, 0.29) is 6.04 Å². The molecule has 0 N–H and O–H groups in total. The second kappa shape index (κ2) is 5.96. The Labute approximate surface area is 74.1 Å². The van der Waals surface area contributed by atoms with Crippen molar-refractivity contribution in [2.75, 3.05) is 0 Å². The van der Waals surface area contributed by atoms with Gasteiger partial charge in [-0.2, -0.15) is 0 Å². The Hall–Kier alpha value is -0.620. The van der Waals surface area contributed by atoms with Crippen LogP contribution in [0.25, 0.3) is 0 Å². The van der Waals surface area contributed by atoms with Crippen molar-refractivity contribution in [3.63, 3.8) is 0 Å². The molecule has 1 fully saturated rings. The highest BCUT2D eigenvalue weighted by molar-refractivity contribution is 5.33. The van der Waals surface area contributed by atoms with E-state index in [2.05, 4.69) is 4.99 Å². The highest BCUT2D eigenvalue weighted by Crippen LogP contribution is 2.18. The first-order valence-electron chi connectivity index (χ1n) is 5.00. The first-order chi connectivity index (χ1) is 5.93. The van der Waals surface area contributed by atoms with E-state index in [9.17, 15) is 4.79 Å². The maximum absolute atomic E-state index is 10.1. The average Bonchev–Trinajstić information content (AvgIpc) is 2.19. The molecule has 12 heavy (non-hydrogen) atoms. The maximum Gasteiger partial charge on any atom is 0.235 e. The lowest BCUT2D eigenvalue weighted by Gasteiger charge is -2.06. The third-order valence-electron chi connectivity index (χ3n) is 2.56. The van der Waals surface area contributed by atoms with Gasteiger partial charge < -0.3 is 0 Å². The number of carbonyl (C=O) groups excluding carboxylic acids is 1. The quantitative estimate of drug-likeness (QED) is 0.436. The van der Waals surface area contributed by atoms with Gasteiger partial charge >= 0.3 is 0 Å². The summed E-state index contributed by atoms with van der Waals surface area (Å²) in [7, 11) is 0. The van der Waals surface area contributed by atoms with Gasteiger partial charge in [0.1, 0.15) is 0 Å². The molecule has 0 aromatic carbocycles. The number of nitrogens with zero attached hydrogens (tertiary/aromatic N) is 1. The van der Waals surface area contributed by atoms with Gasteiger partial charge in [0.25, 0.3) is 0 Å². The molecule has 0 aromatic rings. The molecule has 0 bridgehead atoms. The predicted octanol–water partition coefficient (Wildman–Crippen LogP) is 2.83. The van der Waals surface area contributed by atoms with Crippen LogP contribution in [0.2, 0.25) is 0 Å². The van der Waals surface area contributed by atoms with Crippen LogP contribution in [0.5, 0.6) is 0 Å². The van der Waals surface area contributed by atoms with Crippen LogP contribution in [0.1, 0.15) is 51.4 Å². The van der Waals surface area contributed by atoms with Crippen LogP contribution in [0.15, 0.2) is 4.99 Å². The van der Waals surface area contributed by atoms with Gasteiger partial charge in [0, 0.05) is 0 Å². The molecule has 2 nitrogen and oxygen atoms in total. The Bertz CT molecular complexity index is 151. The molecule has 0 spiro atoms. The molecule has 1 aliphatic rings. The molecule has 0 unspecified atom stereocenters. The minimum Gasteiger partial charge on any atom is -0.211 e. The number of rotatable bonds is 1. The second-order valence-electron chi connectivity index (χ2n) is 3.57. The van der Waals surface area contributed by atoms with Gasteiger partial charge in [0.2, 0.25) is 6.08 Å². The summed E-state index contributed by atoms with van der Waals surface area (Å²) in [6.45, 7) is 0. The van der Waals surface area contributed by atoms with Gasteiger partial charge in [0.15, 0.2) is 0 Å². The summed E-state index contributed by atoms with van der Waals surface area (Å²) >= 11 is 0. The normalized spacial score (nSPS) is 21.7. The van der Waals surface area contributed by atoms with E-state index in [1.165, 1.54) is 38.5 Å². The molecule has 0 heterocycles. The van der Waals surface area contributed by atoms with Crippen LogP contribution in [0.3, 0.4) is 0 Å². The lowest BCUT2D eigenvalue weighted by Crippen LogP contribution is -2.02. The number of hydrogen-bond donors (Lipinski definition) is 0. The SMILES string of the molecule is O=C=NC1CCCCCCCC1. The molecule has 0 amide bonds. The Morgan fingerprint density at radius 3 is 1.92 bits per heavy atom. The van der Waals surface area contributed by atoms with Crippen molar-refractivity contribution in [2.24, 2.45) is 4.99 Å². The molecule has 0 atom stereocenters. The fourth-order valence-electron chi connectivity index (χ4n) is 1.82. The summed E-state index contributed by atoms with van der Waals surface area (Å²) in [5, 5.41) is 0. The first-order valence-corrected chi connectivity index (χ1v) is 5.00. The zero-order valence-electron chi connectivity index (χ0n) is 7.59. The fraction of sp³-hybridized carbons (Fsp3) is 0.900. The number of hydrogen-bond acceptors (Lipinski definition) is 2. The van der Waals surface area contributed by atoms with Crippen LogP contribution in [0, 0.1) is 0 Å². The topological polar surface area (TPSA) is 29.4 Å². The Kier molecular flexibility index (Phi) is 4.70. The molecular formula is C10H17NO. The van der Waals surface area contributed by atoms with E-state index < -0.39 is 0 Å². The predicted molar refractivity (Wildman–Crippen MR) is 48.8 cm³/mol. The van der Waals surface area contributed by atoms with Crippen molar-refractivity contribution in [3.8, 4) is 0 Å². The third-order valence-corrected chi connectivity index (χ3v) is 2.56. The van der Waals surface area contributed by atoms with Gasteiger partial charge in [-0.15, -0.1) is 0 Å². The van der Waals surface area contributed by atoms with Crippen molar-refractivity contribution in [3.05, 3.63) is 0 Å². The minimum atomic E-state index is 0.278. The number of aliphatic imine (C=N–C) groups is 1. The van der Waals surface area contributed by atoms with Gasteiger partial charge in [-0.3, -0.25) is 0 Å². The maximum atomic E-state index is 10.1. The molecule has 2 heteroatoms. The minimum absolute atomic E-state index is 0.278. The number of isocyanates is 1. The van der Waals surface area contributed by atoms with E-state index in [4.69, 9.17) is 0 Å². The van der Waals surface area contributed by atoms with Gasteiger partial charge in [-0.25, -0.2) is 9.79 Å². The molecular weight excluding hydrogens is 150 g/mol. The van der Waals surface area contributed by atoms with E-state index in [0.717, 1.165) is 12.8 Å². The van der Waals surface area contributed by atoms with Crippen LogP contribution in [0.4, 0.5) is 0 Å². The molecule has 1 saturated carbocycles.